The lowest BCUT2D eigenvalue weighted by molar-refractivity contribution is 0.228. The van der Waals surface area contributed by atoms with Crippen molar-refractivity contribution in [3.8, 4) is 5.75 Å². The summed E-state index contributed by atoms with van der Waals surface area (Å²) in [7, 11) is 0. The molecule has 0 spiro atoms. The van der Waals surface area contributed by atoms with E-state index in [1.165, 1.54) is 54.6 Å². The van der Waals surface area contributed by atoms with Crippen molar-refractivity contribution in [1.82, 2.24) is 15.5 Å². The molecule has 0 aromatic heterocycles. The maximum atomic E-state index is 6.00. The Bertz CT molecular complexity index is 1050. The van der Waals surface area contributed by atoms with Gasteiger partial charge >= 0.3 is 0 Å². The first-order valence-electron chi connectivity index (χ1n) is 14.5. The first-order valence-corrected chi connectivity index (χ1v) is 14.5. The molecule has 38 heavy (non-hydrogen) atoms. The van der Waals surface area contributed by atoms with E-state index in [0.29, 0.717) is 12.6 Å². The Labute approximate surface area is 230 Å². The summed E-state index contributed by atoms with van der Waals surface area (Å²) in [5.41, 5.74) is 5.42. The molecule has 1 saturated heterocycles. The first-order chi connectivity index (χ1) is 18.5. The van der Waals surface area contributed by atoms with E-state index in [0.717, 1.165) is 38.3 Å². The summed E-state index contributed by atoms with van der Waals surface area (Å²) < 4.78 is 6.00. The molecule has 1 unspecified atom stereocenters. The zero-order valence-corrected chi connectivity index (χ0v) is 23.7. The molecule has 4 nitrogen and oxygen atoms in total. The van der Waals surface area contributed by atoms with Crippen LogP contribution in [0.4, 0.5) is 0 Å². The van der Waals surface area contributed by atoms with Crippen molar-refractivity contribution >= 4 is 0 Å². The molecule has 3 aromatic carbocycles. The molecule has 4 heteroatoms. The lowest BCUT2D eigenvalue weighted by Gasteiger charge is -2.27. The average Bonchev–Trinajstić information content (AvgIpc) is 2.94. The van der Waals surface area contributed by atoms with E-state index in [9.17, 15) is 0 Å². The third-order valence-electron chi connectivity index (χ3n) is 7.51. The van der Waals surface area contributed by atoms with Gasteiger partial charge in [-0.1, -0.05) is 93.9 Å². The topological polar surface area (TPSA) is 36.5 Å². The SMILES string of the molecule is CC(C)(C)c1ccc(CNC(CNCCN2CCCCC2)Cc2ccc(OCc3ccccc3)cc2)cc1. The van der Waals surface area contributed by atoms with Crippen LogP contribution in [0.2, 0.25) is 0 Å². The van der Waals surface area contributed by atoms with Gasteiger partial charge in [0.25, 0.3) is 0 Å². The number of hydrogen-bond acceptors (Lipinski definition) is 4. The molecule has 0 bridgehead atoms. The molecule has 2 N–H and O–H groups in total. The molecular weight excluding hydrogens is 466 g/mol. The highest BCUT2D eigenvalue weighted by Crippen LogP contribution is 2.22. The fraction of sp³-hybridized carbons (Fsp3) is 0.471. The second kappa shape index (κ2) is 14.5. The third-order valence-corrected chi connectivity index (χ3v) is 7.51. The monoisotopic (exact) mass is 513 g/mol. The largest absolute Gasteiger partial charge is 0.489 e. The molecule has 4 rings (SSSR count). The molecule has 1 aliphatic rings. The van der Waals surface area contributed by atoms with Gasteiger partial charge in [0.05, 0.1) is 0 Å². The predicted molar refractivity (Wildman–Crippen MR) is 160 cm³/mol. The Balaban J connectivity index is 1.30. The highest BCUT2D eigenvalue weighted by Gasteiger charge is 2.14. The highest BCUT2D eigenvalue weighted by atomic mass is 16.5. The molecule has 1 aliphatic heterocycles. The third kappa shape index (κ3) is 9.58. The summed E-state index contributed by atoms with van der Waals surface area (Å²) in [5.74, 6) is 0.917. The summed E-state index contributed by atoms with van der Waals surface area (Å²) in [6.07, 6.45) is 5.07. The van der Waals surface area contributed by atoms with Crippen LogP contribution in [0.1, 0.15) is 62.3 Å². The number of rotatable bonds is 13. The molecule has 1 atom stereocenters. The van der Waals surface area contributed by atoms with Gasteiger partial charge in [-0.3, -0.25) is 0 Å². The molecule has 3 aromatic rings. The van der Waals surface area contributed by atoms with Crippen molar-refractivity contribution in [2.45, 2.75) is 71.1 Å². The van der Waals surface area contributed by atoms with Crippen LogP contribution in [0.5, 0.6) is 5.75 Å². The smallest absolute Gasteiger partial charge is 0.119 e. The van der Waals surface area contributed by atoms with Gasteiger partial charge in [0.1, 0.15) is 12.4 Å². The zero-order valence-electron chi connectivity index (χ0n) is 23.7. The molecule has 0 amide bonds. The van der Waals surface area contributed by atoms with Crippen LogP contribution in [-0.4, -0.2) is 43.7 Å². The average molecular weight is 514 g/mol. The van der Waals surface area contributed by atoms with Crippen LogP contribution < -0.4 is 15.4 Å². The zero-order chi connectivity index (χ0) is 26.6. The van der Waals surface area contributed by atoms with E-state index >= 15 is 0 Å². The quantitative estimate of drug-likeness (QED) is 0.262. The minimum absolute atomic E-state index is 0.184. The minimum atomic E-state index is 0.184. The fourth-order valence-corrected chi connectivity index (χ4v) is 5.04. The molecule has 204 valence electrons. The van der Waals surface area contributed by atoms with Crippen molar-refractivity contribution in [3.63, 3.8) is 0 Å². The van der Waals surface area contributed by atoms with Crippen molar-refractivity contribution in [2.24, 2.45) is 0 Å². The van der Waals surface area contributed by atoms with E-state index in [2.05, 4.69) is 109 Å². The van der Waals surface area contributed by atoms with Crippen LogP contribution in [0.3, 0.4) is 0 Å². The summed E-state index contributed by atoms with van der Waals surface area (Å²) in [5, 5.41) is 7.57. The summed E-state index contributed by atoms with van der Waals surface area (Å²) in [4.78, 5) is 2.60. The maximum absolute atomic E-state index is 6.00. The number of ether oxygens (including phenoxy) is 1. The molecule has 0 aliphatic carbocycles. The molecule has 0 radical (unpaired) electrons. The van der Waals surface area contributed by atoms with Crippen molar-refractivity contribution < 1.29 is 4.74 Å². The number of nitrogens with zero attached hydrogens (tertiary/aromatic N) is 1. The lowest BCUT2D eigenvalue weighted by atomic mass is 9.87. The van der Waals surface area contributed by atoms with Crippen LogP contribution >= 0.6 is 0 Å². The van der Waals surface area contributed by atoms with Crippen molar-refractivity contribution in [2.75, 3.05) is 32.7 Å². The van der Waals surface area contributed by atoms with Crippen LogP contribution in [0, 0.1) is 0 Å². The maximum Gasteiger partial charge on any atom is 0.119 e. The Morgan fingerprint density at radius 3 is 2.16 bits per heavy atom. The number of benzene rings is 3. The van der Waals surface area contributed by atoms with Crippen LogP contribution in [-0.2, 0) is 25.0 Å². The van der Waals surface area contributed by atoms with Gasteiger partial charge in [-0.25, -0.2) is 0 Å². The lowest BCUT2D eigenvalue weighted by Crippen LogP contribution is -2.43. The second-order valence-electron chi connectivity index (χ2n) is 11.8. The van der Waals surface area contributed by atoms with Crippen LogP contribution in [0.25, 0.3) is 0 Å². The van der Waals surface area contributed by atoms with Crippen molar-refractivity contribution in [3.05, 3.63) is 101 Å². The van der Waals surface area contributed by atoms with E-state index in [-0.39, 0.29) is 5.41 Å². The van der Waals surface area contributed by atoms with Crippen molar-refractivity contribution in [1.29, 1.82) is 0 Å². The second-order valence-corrected chi connectivity index (χ2v) is 11.8. The number of nitrogens with one attached hydrogen (secondary N) is 2. The predicted octanol–water partition coefficient (Wildman–Crippen LogP) is 6.34. The van der Waals surface area contributed by atoms with E-state index in [1.807, 2.05) is 6.07 Å². The van der Waals surface area contributed by atoms with E-state index < -0.39 is 0 Å². The first kappa shape index (κ1) is 28.4. The van der Waals surface area contributed by atoms with Gasteiger partial charge in [-0.2, -0.15) is 0 Å². The number of piperidine rings is 1. The van der Waals surface area contributed by atoms with Gasteiger partial charge in [-0.15, -0.1) is 0 Å². The van der Waals surface area contributed by atoms with Gasteiger partial charge in [0.15, 0.2) is 0 Å². The molecular formula is C34H47N3O. The number of hydrogen-bond donors (Lipinski definition) is 2. The summed E-state index contributed by atoms with van der Waals surface area (Å²) in [6.45, 7) is 13.9. The number of likely N-dealkylation sites (tertiary alicyclic amines) is 1. The minimum Gasteiger partial charge on any atom is -0.489 e. The molecule has 1 fully saturated rings. The van der Waals surface area contributed by atoms with Gasteiger partial charge in [0.2, 0.25) is 0 Å². The normalized spacial score (nSPS) is 15.3. The summed E-state index contributed by atoms with van der Waals surface area (Å²) >= 11 is 0. The van der Waals surface area contributed by atoms with Gasteiger partial charge < -0.3 is 20.3 Å². The van der Waals surface area contributed by atoms with Crippen LogP contribution in [0.15, 0.2) is 78.9 Å². The van der Waals surface area contributed by atoms with E-state index in [1.54, 1.807) is 0 Å². The summed E-state index contributed by atoms with van der Waals surface area (Å²) in [6, 6.07) is 28.4. The van der Waals surface area contributed by atoms with Gasteiger partial charge in [-0.05, 0) is 72.2 Å². The Morgan fingerprint density at radius 2 is 1.47 bits per heavy atom. The fourth-order valence-electron chi connectivity index (χ4n) is 5.04. The molecule has 0 saturated carbocycles. The van der Waals surface area contributed by atoms with Gasteiger partial charge in [0, 0.05) is 32.2 Å². The Kier molecular flexibility index (Phi) is 10.8. The van der Waals surface area contributed by atoms with E-state index in [4.69, 9.17) is 4.74 Å². The Morgan fingerprint density at radius 1 is 0.789 bits per heavy atom. The standard InChI is InChI=1S/C34H47N3O/c1-34(2,3)31-16-12-29(13-17-31)25-36-32(26-35-20-23-37-21-8-5-9-22-37)24-28-14-18-33(19-15-28)38-27-30-10-6-4-7-11-30/h4,6-7,10-19,32,35-36H,5,8-9,20-27H2,1-3H3. The molecule has 1 heterocycles. The Hall–Kier alpha value is -2.66. The highest BCUT2D eigenvalue weighted by molar-refractivity contribution is 5.29.